The molecule has 2 heterocycles. The van der Waals surface area contributed by atoms with Crippen LogP contribution in [0.25, 0.3) is 0 Å². The maximum atomic E-state index is 12.6. The number of hydrogen-bond acceptors (Lipinski definition) is 4. The van der Waals surface area contributed by atoms with Crippen LogP contribution in [-0.2, 0) is 4.79 Å². The van der Waals surface area contributed by atoms with Crippen LogP contribution >= 0.6 is 27.7 Å². The summed E-state index contributed by atoms with van der Waals surface area (Å²) in [6.45, 7) is 2.02. The van der Waals surface area contributed by atoms with E-state index in [4.69, 9.17) is 0 Å². The van der Waals surface area contributed by atoms with Crippen molar-refractivity contribution >= 4 is 39.6 Å². The molecular formula is C13H15BrN2O3S. The largest absolute Gasteiger partial charge is 0.480 e. The molecule has 1 N–H and O–H groups in total. The molecule has 5 nitrogen and oxygen atoms in total. The second-order valence-electron chi connectivity index (χ2n) is 4.49. The molecule has 20 heavy (non-hydrogen) atoms. The number of carbonyl (C=O) groups excluding carboxylic acids is 1. The van der Waals surface area contributed by atoms with E-state index in [9.17, 15) is 14.7 Å². The number of aromatic nitrogens is 1. The summed E-state index contributed by atoms with van der Waals surface area (Å²) in [5.41, 5.74) is 0.272. The predicted octanol–water partition coefficient (Wildman–Crippen LogP) is 2.61. The summed E-state index contributed by atoms with van der Waals surface area (Å²) >= 11 is 4.75. The maximum absolute atomic E-state index is 12.6. The summed E-state index contributed by atoms with van der Waals surface area (Å²) in [7, 11) is 0. The summed E-state index contributed by atoms with van der Waals surface area (Å²) in [5, 5.41) is 9.19. The van der Waals surface area contributed by atoms with Crippen molar-refractivity contribution in [2.24, 2.45) is 0 Å². The Morgan fingerprint density at radius 2 is 2.30 bits per heavy atom. The number of carbonyl (C=O) groups is 2. The molecule has 7 heteroatoms. The summed E-state index contributed by atoms with van der Waals surface area (Å²) in [4.78, 5) is 29.5. The van der Waals surface area contributed by atoms with Crippen LogP contribution in [-0.4, -0.2) is 44.0 Å². The van der Waals surface area contributed by atoms with Crippen molar-refractivity contribution < 1.29 is 14.7 Å². The number of amides is 1. The number of thioether (sulfide) groups is 1. The molecular weight excluding hydrogens is 344 g/mol. The van der Waals surface area contributed by atoms with E-state index in [0.29, 0.717) is 10.4 Å². The van der Waals surface area contributed by atoms with Gasteiger partial charge in [0.25, 0.3) is 5.91 Å². The lowest BCUT2D eigenvalue weighted by Gasteiger charge is -2.26. The average molecular weight is 359 g/mol. The van der Waals surface area contributed by atoms with E-state index in [1.807, 2.05) is 6.92 Å². The van der Waals surface area contributed by atoms with Crippen molar-refractivity contribution in [1.82, 2.24) is 9.88 Å². The third kappa shape index (κ3) is 3.15. The number of carboxylic acids is 1. The van der Waals surface area contributed by atoms with Crippen LogP contribution in [0, 0.1) is 0 Å². The van der Waals surface area contributed by atoms with Gasteiger partial charge in [0, 0.05) is 5.75 Å². The Morgan fingerprint density at radius 1 is 1.55 bits per heavy atom. The van der Waals surface area contributed by atoms with Crippen LogP contribution in [0.5, 0.6) is 0 Å². The molecule has 1 amide bonds. The maximum Gasteiger partial charge on any atom is 0.327 e. The molecule has 1 aliphatic heterocycles. The first kappa shape index (κ1) is 15.3. The van der Waals surface area contributed by atoms with Gasteiger partial charge in [-0.15, -0.1) is 11.8 Å². The normalized spacial score (nSPS) is 22.0. The number of nitrogens with zero attached hydrogens (tertiary/aromatic N) is 2. The molecule has 2 rings (SSSR count). The van der Waals surface area contributed by atoms with Gasteiger partial charge in [0.2, 0.25) is 0 Å². The van der Waals surface area contributed by atoms with E-state index < -0.39 is 12.0 Å². The lowest BCUT2D eigenvalue weighted by molar-refractivity contribution is -0.141. The number of hydrogen-bond donors (Lipinski definition) is 1. The standard InChI is InChI=1S/C13H15BrN2O3S/c1-2-4-11-16(9(7-20-11)13(18)19)12(17)8-5-3-6-10(14)15-8/h3,5-6,9,11H,2,4,7H2,1H3,(H,18,19). The molecule has 0 saturated carbocycles. The molecule has 2 atom stereocenters. The molecule has 1 aliphatic rings. The fourth-order valence-corrected chi connectivity index (χ4v) is 4.01. The number of pyridine rings is 1. The monoisotopic (exact) mass is 358 g/mol. The van der Waals surface area contributed by atoms with Gasteiger partial charge in [-0.25, -0.2) is 9.78 Å². The van der Waals surface area contributed by atoms with Crippen LogP contribution in [0.1, 0.15) is 30.3 Å². The van der Waals surface area contributed by atoms with Gasteiger partial charge in [0.1, 0.15) is 16.3 Å². The van der Waals surface area contributed by atoms with E-state index in [1.54, 1.807) is 18.2 Å². The summed E-state index contributed by atoms with van der Waals surface area (Å²) < 4.78 is 0.564. The van der Waals surface area contributed by atoms with Crippen molar-refractivity contribution in [2.45, 2.75) is 31.2 Å². The zero-order valence-electron chi connectivity index (χ0n) is 11.0. The molecule has 1 aromatic rings. The van der Waals surface area contributed by atoms with Crippen molar-refractivity contribution in [3.63, 3.8) is 0 Å². The van der Waals surface area contributed by atoms with Crippen LogP contribution in [0.3, 0.4) is 0 Å². The molecule has 1 fully saturated rings. The van der Waals surface area contributed by atoms with Crippen LogP contribution < -0.4 is 0 Å². The molecule has 0 spiro atoms. The first-order valence-corrected chi connectivity index (χ1v) is 8.18. The fourth-order valence-electron chi connectivity index (χ4n) is 2.16. The highest BCUT2D eigenvalue weighted by molar-refractivity contribution is 9.10. The van der Waals surface area contributed by atoms with Gasteiger partial charge in [-0.1, -0.05) is 19.4 Å². The van der Waals surface area contributed by atoms with Crippen molar-refractivity contribution in [2.75, 3.05) is 5.75 Å². The topological polar surface area (TPSA) is 70.5 Å². The third-order valence-electron chi connectivity index (χ3n) is 3.08. The zero-order chi connectivity index (χ0) is 14.7. The molecule has 0 radical (unpaired) electrons. The lowest BCUT2D eigenvalue weighted by atomic mass is 10.2. The van der Waals surface area contributed by atoms with Crippen LogP contribution in [0.4, 0.5) is 0 Å². The van der Waals surface area contributed by atoms with Crippen molar-refractivity contribution in [1.29, 1.82) is 0 Å². The minimum Gasteiger partial charge on any atom is -0.480 e. The van der Waals surface area contributed by atoms with E-state index >= 15 is 0 Å². The fraction of sp³-hybridized carbons (Fsp3) is 0.462. The smallest absolute Gasteiger partial charge is 0.327 e. The molecule has 2 unspecified atom stereocenters. The summed E-state index contributed by atoms with van der Waals surface area (Å²) in [6.07, 6.45) is 1.69. The molecule has 1 saturated heterocycles. The Bertz CT molecular complexity index is 526. The summed E-state index contributed by atoms with van der Waals surface area (Å²) in [6, 6.07) is 4.29. The number of halogens is 1. The first-order valence-electron chi connectivity index (χ1n) is 6.34. The highest BCUT2D eigenvalue weighted by Gasteiger charge is 2.41. The lowest BCUT2D eigenvalue weighted by Crippen LogP contribution is -2.45. The van der Waals surface area contributed by atoms with Gasteiger partial charge in [-0.05, 0) is 34.5 Å². The molecule has 1 aromatic heterocycles. The molecule has 0 aliphatic carbocycles. The predicted molar refractivity (Wildman–Crippen MR) is 80.7 cm³/mol. The SMILES string of the molecule is CCCC1SCC(C(=O)O)N1C(=O)c1cccc(Br)n1. The molecule has 0 aromatic carbocycles. The minimum absolute atomic E-state index is 0.0885. The third-order valence-corrected chi connectivity index (χ3v) is 4.88. The van der Waals surface area contributed by atoms with E-state index in [2.05, 4.69) is 20.9 Å². The first-order chi connectivity index (χ1) is 9.54. The second kappa shape index (κ2) is 6.58. The average Bonchev–Trinajstić information content (AvgIpc) is 2.82. The Labute approximate surface area is 129 Å². The Hall–Kier alpha value is -1.08. The number of carboxylic acid groups (broad SMARTS) is 1. The van der Waals surface area contributed by atoms with Crippen molar-refractivity contribution in [3.8, 4) is 0 Å². The quantitative estimate of drug-likeness (QED) is 0.837. The molecule has 0 bridgehead atoms. The van der Waals surface area contributed by atoms with E-state index in [1.165, 1.54) is 16.7 Å². The van der Waals surface area contributed by atoms with Crippen molar-refractivity contribution in [3.05, 3.63) is 28.5 Å². The highest BCUT2D eigenvalue weighted by Crippen LogP contribution is 2.33. The Balaban J connectivity index is 2.29. The van der Waals surface area contributed by atoms with Crippen LogP contribution in [0.2, 0.25) is 0 Å². The zero-order valence-corrected chi connectivity index (χ0v) is 13.4. The number of aliphatic carboxylic acids is 1. The number of rotatable bonds is 4. The van der Waals surface area contributed by atoms with Gasteiger partial charge in [-0.3, -0.25) is 4.79 Å². The van der Waals surface area contributed by atoms with Gasteiger partial charge in [0.15, 0.2) is 0 Å². The van der Waals surface area contributed by atoms with Gasteiger partial charge in [0.05, 0.1) is 5.37 Å². The Kier molecular flexibility index (Phi) is 5.04. The summed E-state index contributed by atoms with van der Waals surface area (Å²) in [5.74, 6) is -0.846. The van der Waals surface area contributed by atoms with Gasteiger partial charge < -0.3 is 10.0 Å². The van der Waals surface area contributed by atoms with Gasteiger partial charge in [-0.2, -0.15) is 0 Å². The molecule has 108 valence electrons. The van der Waals surface area contributed by atoms with Crippen LogP contribution in [0.15, 0.2) is 22.8 Å². The Morgan fingerprint density at radius 3 is 2.90 bits per heavy atom. The second-order valence-corrected chi connectivity index (χ2v) is 6.51. The highest BCUT2D eigenvalue weighted by atomic mass is 79.9. The van der Waals surface area contributed by atoms with Gasteiger partial charge >= 0.3 is 5.97 Å². The minimum atomic E-state index is -0.959. The van der Waals surface area contributed by atoms with E-state index in [0.717, 1.165) is 12.8 Å². The van der Waals surface area contributed by atoms with E-state index in [-0.39, 0.29) is 17.0 Å².